The Labute approximate surface area is 134 Å². The molecule has 0 unspecified atom stereocenters. The number of benzene rings is 1. The Morgan fingerprint density at radius 1 is 1.13 bits per heavy atom. The van der Waals surface area contributed by atoms with Crippen molar-refractivity contribution in [1.82, 2.24) is 19.9 Å². The summed E-state index contributed by atoms with van der Waals surface area (Å²) >= 11 is 0. The molecule has 0 N–H and O–H groups in total. The molecular weight excluding hydrogens is 296 g/mol. The van der Waals surface area contributed by atoms with Crippen molar-refractivity contribution < 1.29 is 14.3 Å². The molecule has 0 spiro atoms. The normalized spacial score (nSPS) is 14.3. The molecule has 0 aliphatic carbocycles. The van der Waals surface area contributed by atoms with Crippen molar-refractivity contribution in [3.63, 3.8) is 0 Å². The maximum absolute atomic E-state index is 11.7. The summed E-state index contributed by atoms with van der Waals surface area (Å²) in [6.07, 6.45) is 3.44. The van der Waals surface area contributed by atoms with E-state index in [1.807, 2.05) is 29.3 Å². The van der Waals surface area contributed by atoms with Crippen LogP contribution in [-0.4, -0.2) is 46.6 Å². The van der Waals surface area contributed by atoms with Crippen molar-refractivity contribution >= 4 is 5.91 Å². The monoisotopic (exact) mass is 316 g/mol. The van der Waals surface area contributed by atoms with Gasteiger partial charge < -0.3 is 14.4 Å². The highest BCUT2D eigenvalue weighted by molar-refractivity contribution is 5.77. The molecular formula is C16H20N4O3. The molecule has 2 aromatic rings. The number of aromatic nitrogens is 3. The molecule has 1 saturated heterocycles. The Bertz CT molecular complexity index is 676. The third kappa shape index (κ3) is 3.61. The quantitative estimate of drug-likeness (QED) is 0.807. The molecule has 2 heterocycles. The molecule has 1 amide bonds. The van der Waals surface area contributed by atoms with E-state index in [9.17, 15) is 4.79 Å². The highest BCUT2D eigenvalue weighted by Gasteiger charge is 2.21. The fourth-order valence-electron chi connectivity index (χ4n) is 2.70. The third-order valence-corrected chi connectivity index (χ3v) is 3.87. The minimum atomic E-state index is 0.192. The molecule has 1 fully saturated rings. The van der Waals surface area contributed by atoms with Crippen molar-refractivity contribution in [3.8, 4) is 11.5 Å². The number of rotatable bonds is 6. The van der Waals surface area contributed by atoms with E-state index in [-0.39, 0.29) is 5.91 Å². The second-order valence-electron chi connectivity index (χ2n) is 5.55. The van der Waals surface area contributed by atoms with E-state index < -0.39 is 0 Å². The van der Waals surface area contributed by atoms with Crippen LogP contribution >= 0.6 is 0 Å². The van der Waals surface area contributed by atoms with Crippen LogP contribution in [0.1, 0.15) is 24.1 Å². The fraction of sp³-hybridized carbons (Fsp3) is 0.438. The minimum Gasteiger partial charge on any atom is -0.497 e. The smallest absolute Gasteiger partial charge is 0.222 e. The van der Waals surface area contributed by atoms with E-state index in [1.165, 1.54) is 0 Å². The van der Waals surface area contributed by atoms with Gasteiger partial charge in [-0.1, -0.05) is 5.21 Å². The first kappa shape index (κ1) is 15.3. The van der Waals surface area contributed by atoms with Crippen LogP contribution in [0.25, 0.3) is 0 Å². The number of carbonyl (C=O) groups is 1. The molecule has 0 atom stereocenters. The average molecular weight is 316 g/mol. The van der Waals surface area contributed by atoms with Crippen molar-refractivity contribution in [2.45, 2.75) is 25.9 Å². The van der Waals surface area contributed by atoms with Gasteiger partial charge in [-0.05, 0) is 24.1 Å². The number of hydrogen-bond acceptors (Lipinski definition) is 5. The lowest BCUT2D eigenvalue weighted by molar-refractivity contribution is -0.128. The predicted molar refractivity (Wildman–Crippen MR) is 83.3 cm³/mol. The van der Waals surface area contributed by atoms with E-state index >= 15 is 0 Å². The zero-order valence-corrected chi connectivity index (χ0v) is 13.4. The first-order chi connectivity index (χ1) is 11.2. The van der Waals surface area contributed by atoms with Gasteiger partial charge in [-0.2, -0.15) is 0 Å². The molecule has 1 aliphatic rings. The van der Waals surface area contributed by atoms with Crippen molar-refractivity contribution in [2.24, 2.45) is 0 Å². The van der Waals surface area contributed by atoms with Gasteiger partial charge in [0.15, 0.2) is 0 Å². The molecule has 0 radical (unpaired) electrons. The van der Waals surface area contributed by atoms with Gasteiger partial charge in [-0.3, -0.25) is 4.79 Å². The summed E-state index contributed by atoms with van der Waals surface area (Å²) in [5, 5.41) is 8.29. The summed E-state index contributed by atoms with van der Waals surface area (Å²) in [6.45, 7) is 1.90. The molecule has 0 bridgehead atoms. The van der Waals surface area contributed by atoms with E-state index in [1.54, 1.807) is 18.9 Å². The number of methoxy groups -OCH3 is 2. The SMILES string of the molecule is COc1cc(Cn2cc(CN3CCCC3=O)nn2)cc(OC)c1. The van der Waals surface area contributed by atoms with Crippen molar-refractivity contribution in [2.75, 3.05) is 20.8 Å². The maximum Gasteiger partial charge on any atom is 0.222 e. The van der Waals surface area contributed by atoms with Gasteiger partial charge in [-0.25, -0.2) is 4.68 Å². The lowest BCUT2D eigenvalue weighted by atomic mass is 10.2. The Hall–Kier alpha value is -2.57. The Balaban J connectivity index is 1.70. The number of carbonyl (C=O) groups excluding carboxylic acids is 1. The number of likely N-dealkylation sites (tertiary alicyclic amines) is 1. The summed E-state index contributed by atoms with van der Waals surface area (Å²) in [5.74, 6) is 1.67. The molecule has 1 aromatic carbocycles. The largest absolute Gasteiger partial charge is 0.497 e. The summed E-state index contributed by atoms with van der Waals surface area (Å²) < 4.78 is 12.3. The highest BCUT2D eigenvalue weighted by atomic mass is 16.5. The van der Waals surface area contributed by atoms with E-state index in [4.69, 9.17) is 9.47 Å². The van der Waals surface area contributed by atoms with Crippen LogP contribution in [0.5, 0.6) is 11.5 Å². The summed E-state index contributed by atoms with van der Waals surface area (Å²) in [6, 6.07) is 5.71. The third-order valence-electron chi connectivity index (χ3n) is 3.87. The standard InChI is InChI=1S/C16H20N4O3/c1-22-14-6-12(7-15(8-14)23-2)9-20-11-13(17-18-20)10-19-5-3-4-16(19)21/h6-8,11H,3-5,9-10H2,1-2H3. The van der Waals surface area contributed by atoms with Crippen LogP contribution in [0.2, 0.25) is 0 Å². The molecule has 3 rings (SSSR count). The first-order valence-corrected chi connectivity index (χ1v) is 7.56. The van der Waals surface area contributed by atoms with Crippen LogP contribution in [0.4, 0.5) is 0 Å². The molecule has 1 aromatic heterocycles. The van der Waals surface area contributed by atoms with E-state index in [0.29, 0.717) is 19.5 Å². The minimum absolute atomic E-state index is 0.192. The molecule has 7 heteroatoms. The van der Waals surface area contributed by atoms with Gasteiger partial charge in [-0.15, -0.1) is 5.10 Å². The summed E-state index contributed by atoms with van der Waals surface area (Å²) in [4.78, 5) is 13.5. The average Bonchev–Trinajstić information content (AvgIpc) is 3.17. The number of amides is 1. The fourth-order valence-corrected chi connectivity index (χ4v) is 2.70. The predicted octanol–water partition coefficient (Wildman–Crippen LogP) is 1.47. The lowest BCUT2D eigenvalue weighted by Gasteiger charge is -2.12. The van der Waals surface area contributed by atoms with Crippen LogP contribution in [0.3, 0.4) is 0 Å². The van der Waals surface area contributed by atoms with Crippen LogP contribution in [0, 0.1) is 0 Å². The van der Waals surface area contributed by atoms with Crippen LogP contribution < -0.4 is 9.47 Å². The Morgan fingerprint density at radius 2 is 1.87 bits per heavy atom. The zero-order valence-electron chi connectivity index (χ0n) is 13.4. The first-order valence-electron chi connectivity index (χ1n) is 7.56. The van der Waals surface area contributed by atoms with Gasteiger partial charge in [0.2, 0.25) is 5.91 Å². The topological polar surface area (TPSA) is 69.5 Å². The van der Waals surface area contributed by atoms with Crippen molar-refractivity contribution in [3.05, 3.63) is 35.7 Å². The van der Waals surface area contributed by atoms with Gasteiger partial charge in [0.05, 0.1) is 33.5 Å². The zero-order chi connectivity index (χ0) is 16.2. The van der Waals surface area contributed by atoms with Crippen molar-refractivity contribution in [1.29, 1.82) is 0 Å². The van der Waals surface area contributed by atoms with Gasteiger partial charge in [0.25, 0.3) is 0 Å². The van der Waals surface area contributed by atoms with Gasteiger partial charge in [0, 0.05) is 19.0 Å². The Morgan fingerprint density at radius 3 is 2.48 bits per heavy atom. The highest BCUT2D eigenvalue weighted by Crippen LogP contribution is 2.23. The number of hydrogen-bond donors (Lipinski definition) is 0. The second kappa shape index (κ2) is 6.68. The van der Waals surface area contributed by atoms with E-state index in [0.717, 1.165) is 35.7 Å². The summed E-state index contributed by atoms with van der Waals surface area (Å²) in [5.41, 5.74) is 1.81. The summed E-state index contributed by atoms with van der Waals surface area (Å²) in [7, 11) is 3.25. The van der Waals surface area contributed by atoms with Crippen LogP contribution in [0.15, 0.2) is 24.4 Å². The van der Waals surface area contributed by atoms with Crippen LogP contribution in [-0.2, 0) is 17.9 Å². The number of nitrogens with zero attached hydrogens (tertiary/aromatic N) is 4. The Kier molecular flexibility index (Phi) is 4.45. The molecule has 122 valence electrons. The second-order valence-corrected chi connectivity index (χ2v) is 5.55. The molecule has 23 heavy (non-hydrogen) atoms. The van der Waals surface area contributed by atoms with Gasteiger partial charge >= 0.3 is 0 Å². The molecule has 1 aliphatic heterocycles. The number of ether oxygens (including phenoxy) is 2. The lowest BCUT2D eigenvalue weighted by Crippen LogP contribution is -2.23. The molecule has 0 saturated carbocycles. The maximum atomic E-state index is 11.7. The van der Waals surface area contributed by atoms with Gasteiger partial charge in [0.1, 0.15) is 17.2 Å². The molecule has 7 nitrogen and oxygen atoms in total. The van der Waals surface area contributed by atoms with E-state index in [2.05, 4.69) is 10.3 Å².